The highest BCUT2D eigenvalue weighted by atomic mass is 19.1. The van der Waals surface area contributed by atoms with Crippen LogP contribution in [-0.4, -0.2) is 73.3 Å². The van der Waals surface area contributed by atoms with E-state index in [1.54, 1.807) is 19.1 Å². The summed E-state index contributed by atoms with van der Waals surface area (Å²) in [6.07, 6.45) is 3.34. The van der Waals surface area contributed by atoms with Gasteiger partial charge in [0.05, 0.1) is 0 Å². The van der Waals surface area contributed by atoms with E-state index in [1.807, 2.05) is 23.9 Å². The van der Waals surface area contributed by atoms with Crippen LogP contribution >= 0.6 is 0 Å². The molecule has 2 heterocycles. The van der Waals surface area contributed by atoms with Crippen LogP contribution in [0, 0.1) is 18.2 Å². The van der Waals surface area contributed by atoms with E-state index in [4.69, 9.17) is 0 Å². The Morgan fingerprint density at radius 3 is 2.74 bits per heavy atom. The molecule has 3 rings (SSSR count). The van der Waals surface area contributed by atoms with Crippen LogP contribution in [0.2, 0.25) is 0 Å². The second-order valence-corrected chi connectivity index (χ2v) is 8.41. The minimum Gasteiger partial charge on any atom is -0.341 e. The number of halogens is 1. The zero-order chi connectivity index (χ0) is 19.6. The largest absolute Gasteiger partial charge is 0.341 e. The van der Waals surface area contributed by atoms with Crippen LogP contribution in [0.3, 0.4) is 0 Å². The number of aryl methyl sites for hydroxylation is 1. The average molecular weight is 375 g/mol. The van der Waals surface area contributed by atoms with Gasteiger partial charge in [0.25, 0.3) is 5.91 Å². The molecule has 2 fully saturated rings. The Bertz CT molecular complexity index is 721. The lowest BCUT2D eigenvalue weighted by Crippen LogP contribution is -2.55. The molecular weight excluding hydrogens is 345 g/mol. The van der Waals surface area contributed by atoms with Gasteiger partial charge in [0.1, 0.15) is 5.82 Å². The van der Waals surface area contributed by atoms with Crippen LogP contribution in [0.25, 0.3) is 0 Å². The monoisotopic (exact) mass is 375 g/mol. The lowest BCUT2D eigenvalue weighted by atomic mass is 9.73. The van der Waals surface area contributed by atoms with Crippen molar-refractivity contribution >= 4 is 11.8 Å². The lowest BCUT2D eigenvalue weighted by Gasteiger charge is -2.48. The number of hydrogen-bond acceptors (Lipinski definition) is 3. The van der Waals surface area contributed by atoms with Crippen molar-refractivity contribution in [2.45, 2.75) is 32.6 Å². The molecule has 148 valence electrons. The first kappa shape index (κ1) is 19.8. The summed E-state index contributed by atoms with van der Waals surface area (Å²) in [4.78, 5) is 31.1. The van der Waals surface area contributed by atoms with Gasteiger partial charge < -0.3 is 14.7 Å². The van der Waals surface area contributed by atoms with E-state index in [0.29, 0.717) is 37.2 Å². The first-order valence-corrected chi connectivity index (χ1v) is 9.78. The molecule has 5 nitrogen and oxygen atoms in total. The number of amides is 2. The van der Waals surface area contributed by atoms with Gasteiger partial charge in [-0.25, -0.2) is 4.39 Å². The van der Waals surface area contributed by atoms with E-state index in [2.05, 4.69) is 4.90 Å². The van der Waals surface area contributed by atoms with E-state index in [-0.39, 0.29) is 23.0 Å². The van der Waals surface area contributed by atoms with Gasteiger partial charge in [-0.15, -0.1) is 0 Å². The fraction of sp³-hybridized carbons (Fsp3) is 0.619. The van der Waals surface area contributed by atoms with Crippen LogP contribution < -0.4 is 0 Å². The van der Waals surface area contributed by atoms with Crippen LogP contribution in [0.4, 0.5) is 4.39 Å². The number of carbonyl (C=O) groups excluding carboxylic acids is 2. The number of likely N-dealkylation sites (tertiary alicyclic amines) is 2. The van der Waals surface area contributed by atoms with Gasteiger partial charge in [0.2, 0.25) is 5.91 Å². The maximum atomic E-state index is 13.9. The third-order valence-electron chi connectivity index (χ3n) is 5.93. The van der Waals surface area contributed by atoms with Crippen molar-refractivity contribution in [1.29, 1.82) is 0 Å². The molecule has 1 spiro atoms. The fourth-order valence-corrected chi connectivity index (χ4v) is 4.25. The smallest absolute Gasteiger partial charge is 0.253 e. The summed E-state index contributed by atoms with van der Waals surface area (Å²) in [5, 5.41) is 0. The Morgan fingerprint density at radius 1 is 1.26 bits per heavy atom. The number of rotatable bonds is 4. The first-order chi connectivity index (χ1) is 12.8. The molecule has 2 aliphatic heterocycles. The summed E-state index contributed by atoms with van der Waals surface area (Å²) in [6.45, 7) is 5.32. The molecule has 2 aliphatic rings. The van der Waals surface area contributed by atoms with Gasteiger partial charge in [0, 0.05) is 50.1 Å². The number of carbonyl (C=O) groups is 2. The van der Waals surface area contributed by atoms with E-state index < -0.39 is 0 Å². The van der Waals surface area contributed by atoms with Crippen molar-refractivity contribution < 1.29 is 14.0 Å². The minimum atomic E-state index is -0.342. The molecule has 1 aromatic carbocycles. The van der Waals surface area contributed by atoms with Gasteiger partial charge >= 0.3 is 0 Å². The summed E-state index contributed by atoms with van der Waals surface area (Å²) in [7, 11) is 4.01. The third-order valence-corrected chi connectivity index (χ3v) is 5.93. The van der Waals surface area contributed by atoms with Gasteiger partial charge in [-0.05, 0) is 58.0 Å². The van der Waals surface area contributed by atoms with E-state index in [0.717, 1.165) is 32.4 Å². The lowest BCUT2D eigenvalue weighted by molar-refractivity contribution is -0.139. The maximum Gasteiger partial charge on any atom is 0.253 e. The molecule has 6 heteroatoms. The number of likely N-dealkylation sites (N-methyl/N-ethyl adjacent to an activating group) is 1. The molecule has 0 aromatic heterocycles. The fourth-order valence-electron chi connectivity index (χ4n) is 4.25. The highest BCUT2D eigenvalue weighted by Gasteiger charge is 2.42. The Labute approximate surface area is 161 Å². The highest BCUT2D eigenvalue weighted by molar-refractivity contribution is 5.94. The standard InChI is InChI=1S/C21H30FN3O2/c1-16-5-6-17(13-18(16)22)20(27)25-10-4-8-21(15-25)9-7-19(26)24(14-21)12-11-23(2)3/h5-6,13H,4,7-12,14-15H2,1-3H3. The molecule has 1 aromatic rings. The van der Waals surface area contributed by atoms with Gasteiger partial charge in [-0.3, -0.25) is 9.59 Å². The van der Waals surface area contributed by atoms with Crippen molar-refractivity contribution in [3.05, 3.63) is 35.1 Å². The summed E-state index contributed by atoms with van der Waals surface area (Å²) in [5.74, 6) is -0.234. The second-order valence-electron chi connectivity index (χ2n) is 8.41. The Morgan fingerprint density at radius 2 is 2.04 bits per heavy atom. The molecule has 2 amide bonds. The number of hydrogen-bond donors (Lipinski definition) is 0. The number of piperidine rings is 2. The summed E-state index contributed by atoms with van der Waals surface area (Å²) in [5.41, 5.74) is 0.924. The summed E-state index contributed by atoms with van der Waals surface area (Å²) in [6, 6.07) is 4.70. The number of benzene rings is 1. The molecule has 1 unspecified atom stereocenters. The molecule has 0 bridgehead atoms. The molecule has 0 N–H and O–H groups in total. The first-order valence-electron chi connectivity index (χ1n) is 9.78. The Balaban J connectivity index is 1.71. The number of nitrogens with zero attached hydrogens (tertiary/aromatic N) is 3. The molecule has 0 aliphatic carbocycles. The SMILES string of the molecule is Cc1ccc(C(=O)N2CCCC3(CCC(=O)N(CCN(C)C)C3)C2)cc1F. The van der Waals surface area contributed by atoms with E-state index in [1.165, 1.54) is 6.07 Å². The molecule has 0 saturated carbocycles. The molecular formula is C21H30FN3O2. The predicted octanol–water partition coefficient (Wildman–Crippen LogP) is 2.54. The van der Waals surface area contributed by atoms with Crippen molar-refractivity contribution in [3.8, 4) is 0 Å². The molecule has 0 radical (unpaired) electrons. The minimum absolute atomic E-state index is 0.0304. The molecule has 1 atom stereocenters. The van der Waals surface area contributed by atoms with Crippen LogP contribution in [-0.2, 0) is 4.79 Å². The predicted molar refractivity (Wildman–Crippen MR) is 103 cm³/mol. The topological polar surface area (TPSA) is 43.9 Å². The zero-order valence-electron chi connectivity index (χ0n) is 16.6. The molecule has 2 saturated heterocycles. The van der Waals surface area contributed by atoms with Crippen molar-refractivity contribution in [1.82, 2.24) is 14.7 Å². The Kier molecular flexibility index (Phi) is 5.84. The zero-order valence-corrected chi connectivity index (χ0v) is 16.6. The van der Waals surface area contributed by atoms with Crippen LogP contribution in [0.15, 0.2) is 18.2 Å². The normalized spacial score (nSPS) is 23.4. The quantitative estimate of drug-likeness (QED) is 0.812. The second kappa shape index (κ2) is 7.97. The van der Waals surface area contributed by atoms with Crippen molar-refractivity contribution in [2.75, 3.05) is 46.8 Å². The van der Waals surface area contributed by atoms with E-state index >= 15 is 0 Å². The third kappa shape index (κ3) is 4.49. The van der Waals surface area contributed by atoms with Crippen molar-refractivity contribution in [2.24, 2.45) is 5.41 Å². The van der Waals surface area contributed by atoms with Crippen LogP contribution in [0.5, 0.6) is 0 Å². The van der Waals surface area contributed by atoms with Gasteiger partial charge in [-0.1, -0.05) is 6.07 Å². The van der Waals surface area contributed by atoms with Crippen molar-refractivity contribution in [3.63, 3.8) is 0 Å². The Hall–Kier alpha value is -1.95. The van der Waals surface area contributed by atoms with Gasteiger partial charge in [0.15, 0.2) is 0 Å². The maximum absolute atomic E-state index is 13.9. The summed E-state index contributed by atoms with van der Waals surface area (Å²) >= 11 is 0. The van der Waals surface area contributed by atoms with Crippen LogP contribution in [0.1, 0.15) is 41.6 Å². The summed E-state index contributed by atoms with van der Waals surface area (Å²) < 4.78 is 13.9. The highest BCUT2D eigenvalue weighted by Crippen LogP contribution is 2.39. The van der Waals surface area contributed by atoms with E-state index in [9.17, 15) is 14.0 Å². The average Bonchev–Trinajstić information content (AvgIpc) is 2.64. The van der Waals surface area contributed by atoms with Gasteiger partial charge in [-0.2, -0.15) is 0 Å². The molecule has 27 heavy (non-hydrogen) atoms.